The second-order valence-corrected chi connectivity index (χ2v) is 4.65. The Labute approximate surface area is 100 Å². The average molecular weight is 231 g/mol. The van der Waals surface area contributed by atoms with E-state index in [-0.39, 0.29) is 12.6 Å². The third kappa shape index (κ3) is 1.73. The van der Waals surface area contributed by atoms with E-state index in [0.29, 0.717) is 6.42 Å². The second kappa shape index (κ2) is 4.13. The molecule has 0 saturated heterocycles. The largest absolute Gasteiger partial charge is 0.396 e. The Morgan fingerprint density at radius 2 is 2.35 bits per heavy atom. The van der Waals surface area contributed by atoms with Crippen molar-refractivity contribution in [3.05, 3.63) is 29.6 Å². The molecule has 17 heavy (non-hydrogen) atoms. The normalized spacial score (nSPS) is 16.4. The number of nitrogens with two attached hydrogens (primary N) is 1. The molecule has 2 heterocycles. The summed E-state index contributed by atoms with van der Waals surface area (Å²) >= 11 is 0. The van der Waals surface area contributed by atoms with Crippen molar-refractivity contribution in [2.24, 2.45) is 5.73 Å². The first-order valence-corrected chi connectivity index (χ1v) is 6.15. The van der Waals surface area contributed by atoms with Crippen LogP contribution in [0.1, 0.15) is 30.3 Å². The van der Waals surface area contributed by atoms with E-state index < -0.39 is 0 Å². The maximum absolute atomic E-state index is 8.93. The smallest absolute Gasteiger partial charge is 0.109 e. The monoisotopic (exact) mass is 231 g/mol. The summed E-state index contributed by atoms with van der Waals surface area (Å²) in [5.74, 6) is 1.19. The molecule has 0 radical (unpaired) electrons. The molecule has 1 unspecified atom stereocenters. The first kappa shape index (κ1) is 10.7. The number of imidazole rings is 1. The van der Waals surface area contributed by atoms with Crippen LogP contribution in [0.2, 0.25) is 0 Å². The molecule has 1 aliphatic rings. The van der Waals surface area contributed by atoms with Gasteiger partial charge in [-0.15, -0.1) is 0 Å². The first-order chi connectivity index (χ1) is 8.29. The Hall–Kier alpha value is -1.39. The molecular formula is C13H17N3O. The number of aliphatic hydroxyl groups is 1. The predicted molar refractivity (Wildman–Crippen MR) is 66.7 cm³/mol. The number of aliphatic hydroxyl groups excluding tert-OH is 1. The zero-order valence-corrected chi connectivity index (χ0v) is 9.76. The van der Waals surface area contributed by atoms with Gasteiger partial charge in [0.1, 0.15) is 5.82 Å². The number of hydrogen-bond donors (Lipinski definition) is 2. The van der Waals surface area contributed by atoms with Crippen LogP contribution in [-0.2, 0) is 13.0 Å². The fourth-order valence-electron chi connectivity index (χ4n) is 2.56. The third-order valence-corrected chi connectivity index (χ3v) is 3.50. The van der Waals surface area contributed by atoms with Gasteiger partial charge in [-0.25, -0.2) is 4.98 Å². The van der Waals surface area contributed by atoms with Gasteiger partial charge in [-0.1, -0.05) is 6.07 Å². The molecule has 1 aromatic heterocycles. The fourth-order valence-corrected chi connectivity index (χ4v) is 2.56. The van der Waals surface area contributed by atoms with Crippen LogP contribution < -0.4 is 5.73 Å². The van der Waals surface area contributed by atoms with Crippen molar-refractivity contribution in [1.29, 1.82) is 0 Å². The molecule has 0 aliphatic carbocycles. The van der Waals surface area contributed by atoms with E-state index in [9.17, 15) is 0 Å². The molecule has 0 fully saturated rings. The van der Waals surface area contributed by atoms with Crippen LogP contribution in [0, 0.1) is 0 Å². The van der Waals surface area contributed by atoms with Crippen molar-refractivity contribution in [3.8, 4) is 0 Å². The van der Waals surface area contributed by atoms with Crippen molar-refractivity contribution in [1.82, 2.24) is 9.55 Å². The highest BCUT2D eigenvalue weighted by Gasteiger charge is 2.17. The van der Waals surface area contributed by atoms with Gasteiger partial charge < -0.3 is 15.4 Å². The molecule has 3 rings (SSSR count). The summed E-state index contributed by atoms with van der Waals surface area (Å²) in [5.41, 5.74) is 9.34. The predicted octanol–water partition coefficient (Wildman–Crippen LogP) is 1.36. The Kier molecular flexibility index (Phi) is 2.61. The summed E-state index contributed by atoms with van der Waals surface area (Å²) in [7, 11) is 0. The van der Waals surface area contributed by atoms with Crippen LogP contribution in [-0.4, -0.2) is 21.3 Å². The molecule has 0 saturated carbocycles. The van der Waals surface area contributed by atoms with Gasteiger partial charge in [-0.2, -0.15) is 0 Å². The lowest BCUT2D eigenvalue weighted by molar-refractivity contribution is 0.276. The van der Waals surface area contributed by atoms with Gasteiger partial charge >= 0.3 is 0 Å². The summed E-state index contributed by atoms with van der Waals surface area (Å²) in [6, 6.07) is 6.09. The number of fused-ring (bicyclic) bond motifs is 3. The topological polar surface area (TPSA) is 64.1 Å². The Bertz CT molecular complexity index is 547. The van der Waals surface area contributed by atoms with Crippen LogP contribution in [0.4, 0.5) is 0 Å². The minimum atomic E-state index is -0.0862. The van der Waals surface area contributed by atoms with Crippen LogP contribution in [0.5, 0.6) is 0 Å². The maximum Gasteiger partial charge on any atom is 0.109 e. The van der Waals surface area contributed by atoms with E-state index >= 15 is 0 Å². The Balaban J connectivity index is 2.05. The molecular weight excluding hydrogens is 214 g/mol. The molecule has 4 heteroatoms. The van der Waals surface area contributed by atoms with E-state index in [1.165, 1.54) is 17.8 Å². The minimum Gasteiger partial charge on any atom is -0.396 e. The highest BCUT2D eigenvalue weighted by Crippen LogP contribution is 2.25. The highest BCUT2D eigenvalue weighted by atomic mass is 16.3. The lowest BCUT2D eigenvalue weighted by Gasteiger charge is -2.10. The van der Waals surface area contributed by atoms with Gasteiger partial charge in [0.05, 0.1) is 11.0 Å². The number of hydrogen-bond acceptors (Lipinski definition) is 3. The molecule has 1 atom stereocenters. The Morgan fingerprint density at radius 3 is 3.18 bits per heavy atom. The molecule has 4 nitrogen and oxygen atoms in total. The van der Waals surface area contributed by atoms with Gasteiger partial charge in [-0.3, -0.25) is 0 Å². The van der Waals surface area contributed by atoms with Crippen LogP contribution >= 0.6 is 0 Å². The van der Waals surface area contributed by atoms with Crippen LogP contribution in [0.3, 0.4) is 0 Å². The molecule has 3 N–H and O–H groups in total. The highest BCUT2D eigenvalue weighted by molar-refractivity contribution is 5.77. The molecule has 0 spiro atoms. The molecule has 1 aliphatic heterocycles. The van der Waals surface area contributed by atoms with Gasteiger partial charge in [-0.05, 0) is 30.5 Å². The number of rotatable bonds is 3. The second-order valence-electron chi connectivity index (χ2n) is 4.65. The fraction of sp³-hybridized carbons (Fsp3) is 0.462. The van der Waals surface area contributed by atoms with Crippen LogP contribution in [0.15, 0.2) is 18.2 Å². The summed E-state index contributed by atoms with van der Waals surface area (Å²) < 4.78 is 2.28. The maximum atomic E-state index is 8.93. The van der Waals surface area contributed by atoms with Gasteiger partial charge in [0.25, 0.3) is 0 Å². The van der Waals surface area contributed by atoms with Gasteiger partial charge in [0.15, 0.2) is 0 Å². The zero-order valence-electron chi connectivity index (χ0n) is 9.76. The molecule has 2 aromatic rings. The van der Waals surface area contributed by atoms with Crippen molar-refractivity contribution in [2.45, 2.75) is 31.8 Å². The number of aromatic nitrogens is 2. The SMILES string of the molecule is NC(CCO)c1ccc2nc3n(c2c1)CCC3. The quantitative estimate of drug-likeness (QED) is 0.838. The van der Waals surface area contributed by atoms with Crippen molar-refractivity contribution in [2.75, 3.05) is 6.61 Å². The zero-order chi connectivity index (χ0) is 11.8. The van der Waals surface area contributed by atoms with E-state index in [1.807, 2.05) is 12.1 Å². The van der Waals surface area contributed by atoms with E-state index in [2.05, 4.69) is 15.6 Å². The molecule has 1 aromatic carbocycles. The molecule has 90 valence electrons. The minimum absolute atomic E-state index is 0.0862. The number of nitrogens with zero attached hydrogens (tertiary/aromatic N) is 2. The van der Waals surface area contributed by atoms with Gasteiger partial charge in [0.2, 0.25) is 0 Å². The number of aryl methyl sites for hydroxylation is 2. The summed E-state index contributed by atoms with van der Waals surface area (Å²) in [6.45, 7) is 1.19. The summed E-state index contributed by atoms with van der Waals surface area (Å²) in [5, 5.41) is 8.93. The molecule has 0 bridgehead atoms. The van der Waals surface area contributed by atoms with Crippen molar-refractivity contribution in [3.63, 3.8) is 0 Å². The van der Waals surface area contributed by atoms with Gasteiger partial charge in [0, 0.05) is 25.6 Å². The van der Waals surface area contributed by atoms with Crippen molar-refractivity contribution < 1.29 is 5.11 Å². The lowest BCUT2D eigenvalue weighted by Crippen LogP contribution is -2.11. The first-order valence-electron chi connectivity index (χ1n) is 6.15. The van der Waals surface area contributed by atoms with E-state index in [4.69, 9.17) is 10.8 Å². The molecule has 0 amide bonds. The Morgan fingerprint density at radius 1 is 1.47 bits per heavy atom. The average Bonchev–Trinajstić information content (AvgIpc) is 2.88. The van der Waals surface area contributed by atoms with E-state index in [0.717, 1.165) is 24.0 Å². The summed E-state index contributed by atoms with van der Waals surface area (Å²) in [4.78, 5) is 4.61. The van der Waals surface area contributed by atoms with Crippen molar-refractivity contribution >= 4 is 11.0 Å². The van der Waals surface area contributed by atoms with Crippen LogP contribution in [0.25, 0.3) is 11.0 Å². The summed E-state index contributed by atoms with van der Waals surface area (Å²) in [6.07, 6.45) is 2.87. The number of benzene rings is 1. The third-order valence-electron chi connectivity index (χ3n) is 3.50. The van der Waals surface area contributed by atoms with E-state index in [1.54, 1.807) is 0 Å². The standard InChI is InChI=1S/C13H17N3O/c14-10(5-7-17)9-3-4-11-12(8-9)16-6-1-2-13(16)15-11/h3-4,8,10,17H,1-2,5-7,14H2. The lowest BCUT2D eigenvalue weighted by atomic mass is 10.0.